The van der Waals surface area contributed by atoms with Crippen LogP contribution in [0, 0.1) is 0 Å². The second-order valence-corrected chi connectivity index (χ2v) is 5.07. The fraction of sp³-hybridized carbons (Fsp3) is 1.00. The van der Waals surface area contributed by atoms with Crippen LogP contribution in [0.2, 0.25) is 0 Å². The standard InChI is InChI=1S/C4H8BrNO3S/c5-4(2-1-3-4)6-10(7,8)9/h6H,1-3H2,(H,7,8,9). The molecule has 4 nitrogen and oxygen atoms in total. The fourth-order valence-corrected chi connectivity index (χ4v) is 2.66. The van der Waals surface area contributed by atoms with Crippen molar-refractivity contribution in [1.82, 2.24) is 4.72 Å². The van der Waals surface area contributed by atoms with Gasteiger partial charge in [0, 0.05) is 0 Å². The smallest absolute Gasteiger partial charge is 0.273 e. The molecular formula is C4H8BrNO3S. The first-order valence-electron chi connectivity index (χ1n) is 2.87. The van der Waals surface area contributed by atoms with E-state index < -0.39 is 14.8 Å². The Hall–Kier alpha value is 0.350. The summed E-state index contributed by atoms with van der Waals surface area (Å²) in [5, 5.41) is 0. The molecule has 0 unspecified atom stereocenters. The first-order chi connectivity index (χ1) is 4.41. The molecule has 1 saturated carbocycles. The van der Waals surface area contributed by atoms with Crippen LogP contribution >= 0.6 is 15.9 Å². The molecule has 2 N–H and O–H groups in total. The van der Waals surface area contributed by atoms with Crippen LogP contribution in [-0.4, -0.2) is 17.4 Å². The lowest BCUT2D eigenvalue weighted by atomic mass is 9.94. The summed E-state index contributed by atoms with van der Waals surface area (Å²) in [6.45, 7) is 0. The highest BCUT2D eigenvalue weighted by molar-refractivity contribution is 9.10. The molecule has 0 amide bonds. The monoisotopic (exact) mass is 229 g/mol. The zero-order valence-electron chi connectivity index (χ0n) is 5.17. The van der Waals surface area contributed by atoms with Crippen LogP contribution in [0.1, 0.15) is 19.3 Å². The van der Waals surface area contributed by atoms with Crippen LogP contribution in [0.4, 0.5) is 0 Å². The first kappa shape index (κ1) is 8.45. The normalized spacial score (nSPS) is 23.8. The zero-order valence-corrected chi connectivity index (χ0v) is 7.57. The molecule has 0 atom stereocenters. The van der Waals surface area contributed by atoms with Crippen LogP contribution in [-0.2, 0) is 10.3 Å². The summed E-state index contributed by atoms with van der Waals surface area (Å²) in [6, 6.07) is 0. The van der Waals surface area contributed by atoms with E-state index in [1.54, 1.807) is 0 Å². The molecule has 0 aliphatic heterocycles. The van der Waals surface area contributed by atoms with Gasteiger partial charge in [0.1, 0.15) is 0 Å². The quantitative estimate of drug-likeness (QED) is 0.416. The molecule has 6 heteroatoms. The van der Waals surface area contributed by atoms with Gasteiger partial charge in [0.2, 0.25) is 0 Å². The number of nitrogens with one attached hydrogen (secondary N) is 1. The number of hydrogen-bond donors (Lipinski definition) is 2. The van der Waals surface area contributed by atoms with Gasteiger partial charge in [0.25, 0.3) is 0 Å². The maximum absolute atomic E-state index is 10.3. The molecule has 1 fully saturated rings. The van der Waals surface area contributed by atoms with Gasteiger partial charge in [0.15, 0.2) is 0 Å². The highest BCUT2D eigenvalue weighted by atomic mass is 79.9. The minimum Gasteiger partial charge on any atom is -0.273 e. The van der Waals surface area contributed by atoms with Gasteiger partial charge < -0.3 is 0 Å². The maximum atomic E-state index is 10.3. The van der Waals surface area contributed by atoms with E-state index in [4.69, 9.17) is 4.55 Å². The van der Waals surface area contributed by atoms with E-state index in [9.17, 15) is 8.42 Å². The lowest BCUT2D eigenvalue weighted by Crippen LogP contribution is -2.47. The minimum absolute atomic E-state index is 0.569. The summed E-state index contributed by atoms with van der Waals surface area (Å²) in [5.41, 5.74) is 0. The van der Waals surface area contributed by atoms with Crippen LogP contribution in [0.3, 0.4) is 0 Å². The van der Waals surface area contributed by atoms with Gasteiger partial charge in [-0.3, -0.25) is 4.55 Å². The van der Waals surface area contributed by atoms with E-state index in [1.165, 1.54) is 0 Å². The summed E-state index contributed by atoms with van der Waals surface area (Å²) in [5.74, 6) is 0. The second kappa shape index (κ2) is 2.44. The topological polar surface area (TPSA) is 66.4 Å². The van der Waals surface area contributed by atoms with Crippen molar-refractivity contribution >= 4 is 26.2 Å². The van der Waals surface area contributed by atoms with E-state index in [0.29, 0.717) is 0 Å². The summed E-state index contributed by atoms with van der Waals surface area (Å²) >= 11 is 3.15. The molecule has 0 heterocycles. The molecule has 10 heavy (non-hydrogen) atoms. The third-order valence-electron chi connectivity index (χ3n) is 1.46. The Bertz CT molecular complexity index is 221. The maximum Gasteiger partial charge on any atom is 0.334 e. The average Bonchev–Trinajstić information content (AvgIpc) is 1.57. The van der Waals surface area contributed by atoms with Crippen molar-refractivity contribution in [1.29, 1.82) is 0 Å². The predicted octanol–water partition coefficient (Wildman–Crippen LogP) is 0.654. The molecule has 0 bridgehead atoms. The molecular weight excluding hydrogens is 222 g/mol. The summed E-state index contributed by atoms with van der Waals surface area (Å²) < 4.78 is 30.4. The summed E-state index contributed by atoms with van der Waals surface area (Å²) in [4.78, 5) is 0. The van der Waals surface area contributed by atoms with Crippen molar-refractivity contribution in [3.63, 3.8) is 0 Å². The lowest BCUT2D eigenvalue weighted by molar-refractivity contribution is 0.335. The van der Waals surface area contributed by atoms with Crippen molar-refractivity contribution < 1.29 is 13.0 Å². The molecule has 0 saturated heterocycles. The molecule has 0 spiro atoms. The Kier molecular flexibility index (Phi) is 2.06. The van der Waals surface area contributed by atoms with Crippen molar-refractivity contribution in [2.24, 2.45) is 0 Å². The third kappa shape index (κ3) is 2.19. The van der Waals surface area contributed by atoms with Gasteiger partial charge in [-0.1, -0.05) is 15.9 Å². The Morgan fingerprint density at radius 2 is 2.00 bits per heavy atom. The summed E-state index contributed by atoms with van der Waals surface area (Å²) in [7, 11) is -4.04. The van der Waals surface area contributed by atoms with Gasteiger partial charge in [-0.15, -0.1) is 0 Å². The zero-order chi connectivity index (χ0) is 7.83. The molecule has 0 aromatic heterocycles. The average molecular weight is 230 g/mol. The van der Waals surface area contributed by atoms with Crippen molar-refractivity contribution in [2.75, 3.05) is 0 Å². The largest absolute Gasteiger partial charge is 0.334 e. The molecule has 0 radical (unpaired) electrons. The molecule has 1 rings (SSSR count). The van der Waals surface area contributed by atoms with E-state index in [1.807, 2.05) is 0 Å². The van der Waals surface area contributed by atoms with Crippen LogP contribution in [0.5, 0.6) is 0 Å². The van der Waals surface area contributed by atoms with Crippen LogP contribution in [0.25, 0.3) is 0 Å². The van der Waals surface area contributed by atoms with Crippen LogP contribution < -0.4 is 4.72 Å². The number of alkyl halides is 1. The number of hydrogen-bond acceptors (Lipinski definition) is 2. The Morgan fingerprint density at radius 1 is 1.50 bits per heavy atom. The Morgan fingerprint density at radius 3 is 2.10 bits per heavy atom. The van der Waals surface area contributed by atoms with Gasteiger partial charge in [-0.05, 0) is 19.3 Å². The Labute approximate surface area is 68.0 Å². The molecule has 0 aromatic rings. The fourth-order valence-electron chi connectivity index (χ4n) is 0.820. The molecule has 1 aliphatic rings. The van der Waals surface area contributed by atoms with Gasteiger partial charge in [-0.2, -0.15) is 13.1 Å². The lowest BCUT2D eigenvalue weighted by Gasteiger charge is -2.35. The summed E-state index contributed by atoms with van der Waals surface area (Å²) in [6.07, 6.45) is 2.44. The van der Waals surface area contributed by atoms with Gasteiger partial charge in [0.05, 0.1) is 4.45 Å². The van der Waals surface area contributed by atoms with E-state index in [0.717, 1.165) is 19.3 Å². The first-order valence-corrected chi connectivity index (χ1v) is 5.10. The Balaban J connectivity index is 2.53. The second-order valence-electron chi connectivity index (χ2n) is 2.40. The van der Waals surface area contributed by atoms with Gasteiger partial charge >= 0.3 is 10.3 Å². The molecule has 1 aliphatic carbocycles. The highest BCUT2D eigenvalue weighted by Gasteiger charge is 2.37. The predicted molar refractivity (Wildman–Crippen MR) is 40.2 cm³/mol. The number of halogens is 1. The third-order valence-corrected chi connectivity index (χ3v) is 3.36. The SMILES string of the molecule is O=S(=O)(O)NC1(Br)CCC1. The van der Waals surface area contributed by atoms with E-state index >= 15 is 0 Å². The van der Waals surface area contributed by atoms with Gasteiger partial charge in [-0.25, -0.2) is 0 Å². The van der Waals surface area contributed by atoms with Crippen molar-refractivity contribution in [3.05, 3.63) is 0 Å². The highest BCUT2D eigenvalue weighted by Crippen LogP contribution is 2.37. The van der Waals surface area contributed by atoms with Crippen LogP contribution in [0.15, 0.2) is 0 Å². The molecule has 0 aromatic carbocycles. The minimum atomic E-state index is -4.04. The van der Waals surface area contributed by atoms with E-state index in [-0.39, 0.29) is 0 Å². The number of rotatable bonds is 2. The van der Waals surface area contributed by atoms with E-state index in [2.05, 4.69) is 20.7 Å². The molecule has 60 valence electrons. The van der Waals surface area contributed by atoms with Crippen molar-refractivity contribution in [3.8, 4) is 0 Å². The van der Waals surface area contributed by atoms with Crippen molar-refractivity contribution in [2.45, 2.75) is 23.7 Å².